The molecule has 2 N–H and O–H groups in total. The molecule has 0 spiro atoms. The topological polar surface area (TPSA) is 74.0 Å². The van der Waals surface area contributed by atoms with Gasteiger partial charge in [-0.1, -0.05) is 43.5 Å². The van der Waals surface area contributed by atoms with Gasteiger partial charge < -0.3 is 10.4 Å². The maximum absolute atomic E-state index is 11.0. The molecule has 1 aromatic rings. The maximum atomic E-state index is 11.0. The second kappa shape index (κ2) is 8.38. The van der Waals surface area contributed by atoms with E-state index in [1.807, 2.05) is 12.2 Å². The van der Waals surface area contributed by atoms with Crippen LogP contribution in [-0.4, -0.2) is 30.2 Å². The van der Waals surface area contributed by atoms with Crippen LogP contribution in [0.25, 0.3) is 5.57 Å². The number of fused-ring (bicyclic) bond motifs is 1. The average molecular weight is 377 g/mol. The van der Waals surface area contributed by atoms with Crippen molar-refractivity contribution in [3.05, 3.63) is 65.9 Å². The molecule has 0 radical (unpaired) electrons. The number of aliphatic carboxylic acids is 1. The molecule has 1 saturated carbocycles. The fraction of sp³-hybridized carbons (Fsp3) is 0.348. The highest BCUT2D eigenvalue weighted by atomic mass is 16.4. The minimum absolute atomic E-state index is 0.0544. The monoisotopic (exact) mass is 377 g/mol. The molecule has 0 amide bonds. The summed E-state index contributed by atoms with van der Waals surface area (Å²) in [6.07, 6.45) is 8.13. The van der Waals surface area contributed by atoms with Crippen LogP contribution < -0.4 is 5.32 Å². The van der Waals surface area contributed by atoms with Crippen molar-refractivity contribution < 1.29 is 9.90 Å². The predicted octanol–water partition coefficient (Wildman–Crippen LogP) is 4.19. The number of nitrogens with zero attached hydrogens (tertiary/aromatic N) is 2. The summed E-state index contributed by atoms with van der Waals surface area (Å²) in [7, 11) is 1.72. The first-order valence-corrected chi connectivity index (χ1v) is 9.56. The second-order valence-corrected chi connectivity index (χ2v) is 7.34. The zero-order valence-corrected chi connectivity index (χ0v) is 16.5. The van der Waals surface area contributed by atoms with E-state index in [4.69, 9.17) is 5.11 Å². The zero-order chi connectivity index (χ0) is 20.3. The third kappa shape index (κ3) is 4.14. The summed E-state index contributed by atoms with van der Waals surface area (Å²) in [6, 6.07) is 6.59. The lowest BCUT2D eigenvalue weighted by Gasteiger charge is -2.16. The van der Waals surface area contributed by atoms with Crippen LogP contribution in [0.15, 0.2) is 59.2 Å². The van der Waals surface area contributed by atoms with Crippen LogP contribution in [0.3, 0.4) is 0 Å². The molecule has 3 atom stereocenters. The zero-order valence-electron chi connectivity index (χ0n) is 16.5. The first kappa shape index (κ1) is 19.8. The molecular formula is C23H27N3O2. The van der Waals surface area contributed by atoms with Crippen molar-refractivity contribution in [2.75, 3.05) is 7.05 Å². The van der Waals surface area contributed by atoms with Gasteiger partial charge in [0.2, 0.25) is 0 Å². The number of nitrogens with one attached hydrogen (secondary N) is 1. The number of carboxylic acid groups (broad SMARTS) is 1. The van der Waals surface area contributed by atoms with Crippen LogP contribution >= 0.6 is 0 Å². The minimum Gasteiger partial charge on any atom is -0.481 e. The van der Waals surface area contributed by atoms with Gasteiger partial charge in [-0.3, -0.25) is 14.8 Å². The van der Waals surface area contributed by atoms with Gasteiger partial charge in [0.15, 0.2) is 0 Å². The first-order chi connectivity index (χ1) is 13.5. The van der Waals surface area contributed by atoms with Gasteiger partial charge in [-0.15, -0.1) is 0 Å². The Kier molecular flexibility index (Phi) is 5.93. The Bertz CT molecular complexity index is 895. The van der Waals surface area contributed by atoms with Crippen molar-refractivity contribution >= 4 is 23.6 Å². The molecular weight excluding hydrogens is 350 g/mol. The number of aliphatic imine (C=N–C) groups is 2. The Morgan fingerprint density at radius 2 is 2.14 bits per heavy atom. The summed E-state index contributed by atoms with van der Waals surface area (Å²) in [6.45, 7) is 9.81. The molecule has 0 heterocycles. The lowest BCUT2D eigenvalue weighted by molar-refractivity contribution is -0.138. The van der Waals surface area contributed by atoms with E-state index in [1.54, 1.807) is 13.3 Å². The van der Waals surface area contributed by atoms with Crippen molar-refractivity contribution in [3.63, 3.8) is 0 Å². The van der Waals surface area contributed by atoms with Crippen LogP contribution in [0.5, 0.6) is 0 Å². The summed E-state index contributed by atoms with van der Waals surface area (Å²) in [5.41, 5.74) is 5.75. The SMILES string of the molecule is C=C/C=C(\C)c1cccc2c1CCC2NC(/C=N\C(=C)C1CC1C(=O)O)=N/C. The number of amidine groups is 1. The van der Waals surface area contributed by atoms with Gasteiger partial charge in [0.05, 0.1) is 18.2 Å². The number of rotatable bonds is 7. The smallest absolute Gasteiger partial charge is 0.307 e. The summed E-state index contributed by atoms with van der Waals surface area (Å²) in [5.74, 6) is -0.494. The van der Waals surface area contributed by atoms with E-state index in [2.05, 4.69) is 53.6 Å². The standard InChI is InChI=1S/C23H27N3O2/c1-5-7-14(2)16-8-6-9-18-17(16)10-11-21(18)26-22(24-4)13-25-15(3)19-12-20(19)23(27)28/h5-9,13,19-21H,1,3,10-12H2,2,4H3,(H,24,26)(H,27,28)/b14-7+,25-13-. The van der Waals surface area contributed by atoms with E-state index in [9.17, 15) is 4.79 Å². The fourth-order valence-electron chi connectivity index (χ4n) is 3.85. The molecule has 0 aliphatic heterocycles. The molecule has 2 aliphatic carbocycles. The molecule has 1 fully saturated rings. The quantitative estimate of drug-likeness (QED) is 0.425. The van der Waals surface area contributed by atoms with E-state index in [-0.39, 0.29) is 17.9 Å². The van der Waals surface area contributed by atoms with Gasteiger partial charge in [-0.2, -0.15) is 0 Å². The molecule has 0 saturated heterocycles. The van der Waals surface area contributed by atoms with Crippen molar-refractivity contribution in [2.24, 2.45) is 21.8 Å². The van der Waals surface area contributed by atoms with Gasteiger partial charge in [-0.25, -0.2) is 0 Å². The van der Waals surface area contributed by atoms with Gasteiger partial charge in [0.1, 0.15) is 5.84 Å². The molecule has 146 valence electrons. The van der Waals surface area contributed by atoms with E-state index in [0.29, 0.717) is 18.0 Å². The van der Waals surface area contributed by atoms with E-state index in [0.717, 1.165) is 12.8 Å². The highest BCUT2D eigenvalue weighted by Crippen LogP contribution is 2.44. The Labute approximate surface area is 166 Å². The van der Waals surface area contributed by atoms with Crippen LogP contribution in [0.4, 0.5) is 0 Å². The predicted molar refractivity (Wildman–Crippen MR) is 115 cm³/mol. The molecule has 0 aromatic heterocycles. The fourth-order valence-corrected chi connectivity index (χ4v) is 3.85. The highest BCUT2D eigenvalue weighted by Gasteiger charge is 2.45. The van der Waals surface area contributed by atoms with Crippen molar-refractivity contribution in [3.8, 4) is 0 Å². The van der Waals surface area contributed by atoms with Gasteiger partial charge >= 0.3 is 5.97 Å². The van der Waals surface area contributed by atoms with E-state index >= 15 is 0 Å². The molecule has 5 nitrogen and oxygen atoms in total. The molecule has 2 aliphatic rings. The maximum Gasteiger partial charge on any atom is 0.307 e. The average Bonchev–Trinajstić information content (AvgIpc) is 3.40. The van der Waals surface area contributed by atoms with Crippen LogP contribution in [0, 0.1) is 11.8 Å². The first-order valence-electron chi connectivity index (χ1n) is 9.56. The van der Waals surface area contributed by atoms with Gasteiger partial charge in [0.25, 0.3) is 0 Å². The summed E-state index contributed by atoms with van der Waals surface area (Å²) < 4.78 is 0. The molecule has 3 rings (SSSR count). The lowest BCUT2D eigenvalue weighted by Crippen LogP contribution is -2.28. The Morgan fingerprint density at radius 3 is 2.79 bits per heavy atom. The number of hydrogen-bond donors (Lipinski definition) is 2. The van der Waals surface area contributed by atoms with Crippen molar-refractivity contribution in [1.29, 1.82) is 0 Å². The van der Waals surface area contributed by atoms with Crippen LogP contribution in [-0.2, 0) is 11.2 Å². The lowest BCUT2D eigenvalue weighted by atomic mass is 9.97. The number of hydrogen-bond acceptors (Lipinski definition) is 3. The Balaban J connectivity index is 1.70. The number of carboxylic acids is 1. The number of benzene rings is 1. The third-order valence-electron chi connectivity index (χ3n) is 5.51. The summed E-state index contributed by atoms with van der Waals surface area (Å²) in [4.78, 5) is 19.6. The number of allylic oxidation sites excluding steroid dienone is 4. The minimum atomic E-state index is -0.775. The second-order valence-electron chi connectivity index (χ2n) is 7.34. The Hall–Kier alpha value is -2.95. The molecule has 28 heavy (non-hydrogen) atoms. The number of carbonyl (C=O) groups is 1. The summed E-state index contributed by atoms with van der Waals surface area (Å²) >= 11 is 0. The highest BCUT2D eigenvalue weighted by molar-refractivity contribution is 6.29. The summed E-state index contributed by atoms with van der Waals surface area (Å²) in [5, 5.41) is 12.5. The largest absolute Gasteiger partial charge is 0.481 e. The van der Waals surface area contributed by atoms with E-state index < -0.39 is 5.97 Å². The van der Waals surface area contributed by atoms with Crippen LogP contribution in [0.1, 0.15) is 42.5 Å². The Morgan fingerprint density at radius 1 is 1.36 bits per heavy atom. The van der Waals surface area contributed by atoms with E-state index in [1.165, 1.54) is 22.3 Å². The third-order valence-corrected chi connectivity index (χ3v) is 5.51. The molecule has 3 unspecified atom stereocenters. The normalized spacial score (nSPS) is 24.1. The van der Waals surface area contributed by atoms with Gasteiger partial charge in [0, 0.05) is 18.7 Å². The molecule has 5 heteroatoms. The van der Waals surface area contributed by atoms with Crippen molar-refractivity contribution in [2.45, 2.75) is 32.2 Å². The molecule has 0 bridgehead atoms. The van der Waals surface area contributed by atoms with Crippen molar-refractivity contribution in [1.82, 2.24) is 5.32 Å². The molecule has 1 aromatic carbocycles. The van der Waals surface area contributed by atoms with Crippen LogP contribution in [0.2, 0.25) is 0 Å². The van der Waals surface area contributed by atoms with Gasteiger partial charge in [-0.05, 0) is 48.4 Å².